The third-order valence-corrected chi connectivity index (χ3v) is 15.3. The number of nitrogens with one attached hydrogen (secondary N) is 1. The molecule has 2 bridgehead atoms. The van der Waals surface area contributed by atoms with Crippen molar-refractivity contribution in [3.8, 4) is 0 Å². The van der Waals surface area contributed by atoms with Gasteiger partial charge in [-0.25, -0.2) is 0 Å². The maximum absolute atomic E-state index is 13.8. The number of aliphatic hydroxyl groups is 3. The van der Waals surface area contributed by atoms with Gasteiger partial charge in [0.1, 0.15) is 6.10 Å². The van der Waals surface area contributed by atoms with E-state index in [2.05, 4.69) is 95.9 Å². The van der Waals surface area contributed by atoms with Crippen molar-refractivity contribution in [1.82, 2.24) is 14.8 Å². The van der Waals surface area contributed by atoms with Gasteiger partial charge in [0, 0.05) is 77.8 Å². The van der Waals surface area contributed by atoms with Crippen molar-refractivity contribution in [2.24, 2.45) is 11.3 Å². The Kier molecular flexibility index (Phi) is 7.30. The van der Waals surface area contributed by atoms with Crippen LogP contribution in [0.5, 0.6) is 0 Å². The lowest BCUT2D eigenvalue weighted by atomic mass is 9.47. The van der Waals surface area contributed by atoms with Crippen molar-refractivity contribution in [3.63, 3.8) is 0 Å². The Morgan fingerprint density at radius 2 is 1.82 bits per heavy atom. The minimum atomic E-state index is -1.94. The number of fused-ring (bicyclic) bond motifs is 6. The average Bonchev–Trinajstić information content (AvgIpc) is 3.76. The Hall–Kier alpha value is -3.01. The number of piperidine rings is 1. The van der Waals surface area contributed by atoms with Gasteiger partial charge in [0.25, 0.3) is 0 Å². The molecule has 1 spiro atoms. The molecular formula is C43H56N4O4. The smallest absolute Gasteiger partial charge is 0.170 e. The zero-order valence-corrected chi connectivity index (χ0v) is 31.3. The number of carbonyl (C=O) groups excluding carboxylic acids is 1. The second-order valence-electron chi connectivity index (χ2n) is 17.7. The molecule has 0 radical (unpaired) electrons. The molecule has 1 aliphatic carbocycles. The number of rotatable bonds is 4. The zero-order valence-electron chi connectivity index (χ0n) is 31.3. The number of benzene rings is 2. The summed E-state index contributed by atoms with van der Waals surface area (Å²) in [4.78, 5) is 25.0. The number of H-pyrrole nitrogens is 1. The largest absolute Gasteiger partial charge is 0.389 e. The van der Waals surface area contributed by atoms with E-state index in [1.165, 1.54) is 40.3 Å². The fourth-order valence-corrected chi connectivity index (χ4v) is 13.2. The summed E-state index contributed by atoms with van der Waals surface area (Å²) in [5.41, 5.74) is 4.19. The highest BCUT2D eigenvalue weighted by Gasteiger charge is 2.78. The lowest BCUT2D eigenvalue weighted by Gasteiger charge is -2.63. The highest BCUT2D eigenvalue weighted by atomic mass is 16.4. The lowest BCUT2D eigenvalue weighted by molar-refractivity contribution is -0.200. The first-order chi connectivity index (χ1) is 24.3. The molecule has 5 unspecified atom stereocenters. The van der Waals surface area contributed by atoms with Crippen LogP contribution in [0.25, 0.3) is 10.9 Å². The van der Waals surface area contributed by atoms with Gasteiger partial charge in [-0.1, -0.05) is 50.3 Å². The van der Waals surface area contributed by atoms with Crippen LogP contribution in [0.2, 0.25) is 0 Å². The van der Waals surface area contributed by atoms with Gasteiger partial charge in [-0.05, 0) is 106 Å². The Balaban J connectivity index is 1.30. The van der Waals surface area contributed by atoms with Gasteiger partial charge in [-0.3, -0.25) is 14.6 Å². The van der Waals surface area contributed by atoms with Gasteiger partial charge in [0.2, 0.25) is 0 Å². The van der Waals surface area contributed by atoms with Crippen molar-refractivity contribution in [1.29, 1.82) is 0 Å². The topological polar surface area (TPSA) is 103 Å². The lowest BCUT2D eigenvalue weighted by Crippen LogP contribution is -2.80. The van der Waals surface area contributed by atoms with Crippen LogP contribution in [0.15, 0.2) is 48.6 Å². The highest BCUT2D eigenvalue weighted by Crippen LogP contribution is 2.67. The minimum absolute atomic E-state index is 0.0534. The summed E-state index contributed by atoms with van der Waals surface area (Å²) in [6.07, 6.45) is 7.83. The molecule has 51 heavy (non-hydrogen) atoms. The molecule has 3 fully saturated rings. The second-order valence-corrected chi connectivity index (χ2v) is 17.7. The fourth-order valence-electron chi connectivity index (χ4n) is 13.2. The zero-order chi connectivity index (χ0) is 35.9. The standard InChI is InChI=1S/C43H56N4O4/c1-7-40(50)23-28-22-39(5,35-30(14-18-46(24-28)25-40)29-12-9-10-13-33(29)44-35)31-21-32-34(20-26(31)3)45(6)37-42(32)16-19-47-17-11-15-41(8-2,36(42)47)38(49)43(37,51)27(4)48/h9-13,15,20-21,28,36-38,44,49-51H,7-8,14,16-19,22-25H2,1-6H3/t28?,36?,37?,38-,39-,40?,41-,42?,43+/m1/s1. The molecule has 8 heteroatoms. The number of likely N-dealkylation sites (N-methyl/N-ethyl adjacent to an activating group) is 1. The maximum Gasteiger partial charge on any atom is 0.170 e. The molecule has 1 saturated carbocycles. The molecule has 6 aliphatic rings. The molecule has 5 aliphatic heterocycles. The van der Waals surface area contributed by atoms with Crippen LogP contribution in [0.4, 0.5) is 5.69 Å². The van der Waals surface area contributed by atoms with Gasteiger partial charge < -0.3 is 25.2 Å². The van der Waals surface area contributed by atoms with E-state index in [4.69, 9.17) is 0 Å². The summed E-state index contributed by atoms with van der Waals surface area (Å²) in [5.74, 6) is -0.0611. The average molecular weight is 693 g/mol. The summed E-state index contributed by atoms with van der Waals surface area (Å²) >= 11 is 0. The number of carbonyl (C=O) groups is 1. The van der Waals surface area contributed by atoms with E-state index < -0.39 is 39.6 Å². The highest BCUT2D eigenvalue weighted by molar-refractivity contribution is 5.90. The first-order valence-electron chi connectivity index (χ1n) is 19.5. The summed E-state index contributed by atoms with van der Waals surface area (Å²) < 4.78 is 0. The number of anilines is 1. The number of aliphatic hydroxyl groups excluding tert-OH is 1. The molecule has 1 aromatic heterocycles. The van der Waals surface area contributed by atoms with E-state index in [1.807, 2.05) is 7.05 Å². The first-order valence-corrected chi connectivity index (χ1v) is 19.5. The van der Waals surface area contributed by atoms with Gasteiger partial charge in [-0.15, -0.1) is 0 Å². The van der Waals surface area contributed by atoms with Crippen molar-refractivity contribution in [3.05, 3.63) is 76.5 Å². The first kappa shape index (κ1) is 33.8. The Morgan fingerprint density at radius 1 is 1.04 bits per heavy atom. The van der Waals surface area contributed by atoms with Crippen molar-refractivity contribution >= 4 is 22.4 Å². The van der Waals surface area contributed by atoms with E-state index >= 15 is 0 Å². The maximum atomic E-state index is 13.8. The Morgan fingerprint density at radius 3 is 2.57 bits per heavy atom. The Labute approximate surface area is 302 Å². The van der Waals surface area contributed by atoms with Gasteiger partial charge in [-0.2, -0.15) is 0 Å². The van der Waals surface area contributed by atoms with Gasteiger partial charge >= 0.3 is 0 Å². The second kappa shape index (κ2) is 11.0. The summed E-state index contributed by atoms with van der Waals surface area (Å²) in [7, 11) is 2.03. The fraction of sp³-hybridized carbons (Fsp3) is 0.605. The van der Waals surface area contributed by atoms with Crippen LogP contribution in [-0.4, -0.2) is 105 Å². The van der Waals surface area contributed by atoms with E-state index in [1.54, 1.807) is 0 Å². The minimum Gasteiger partial charge on any atom is -0.389 e. The molecule has 4 N–H and O–H groups in total. The summed E-state index contributed by atoms with van der Waals surface area (Å²) in [6, 6.07) is 12.9. The van der Waals surface area contributed by atoms with Crippen molar-refractivity contribution in [2.45, 2.75) is 113 Å². The predicted octanol–water partition coefficient (Wildman–Crippen LogP) is 4.98. The number of hydrogen-bond donors (Lipinski definition) is 4. The van der Waals surface area contributed by atoms with Crippen LogP contribution in [-0.2, 0) is 22.0 Å². The number of nitrogens with zero attached hydrogens (tertiary/aromatic N) is 3. The molecule has 8 nitrogen and oxygen atoms in total. The summed E-state index contributed by atoms with van der Waals surface area (Å²) in [6.45, 7) is 14.6. The molecule has 9 rings (SSSR count). The number of aromatic nitrogens is 1. The monoisotopic (exact) mass is 692 g/mol. The molecular weight excluding hydrogens is 636 g/mol. The number of aromatic amines is 1. The normalized spacial score (nSPS) is 41.4. The summed E-state index contributed by atoms with van der Waals surface area (Å²) in [5, 5.41) is 38.2. The molecule has 6 heterocycles. The van der Waals surface area contributed by atoms with Crippen LogP contribution in [0, 0.1) is 18.3 Å². The number of ketones is 1. The number of para-hydroxylation sites is 1. The van der Waals surface area contributed by atoms with Crippen LogP contribution >= 0.6 is 0 Å². The van der Waals surface area contributed by atoms with Crippen LogP contribution in [0.3, 0.4) is 0 Å². The molecule has 2 aromatic carbocycles. The SMILES string of the molecule is CCC1(O)CC2C[N@](CCc3c([nH]c4ccccc34)[C@@](C)(c3cc4c(cc3C)N(C)C3C45CCN4CC=C[C@](CC)(C45)[C@@H](O)[C@]3(O)C(C)=O)C2)C1. The van der Waals surface area contributed by atoms with E-state index in [9.17, 15) is 20.1 Å². The molecule has 3 aromatic rings. The van der Waals surface area contributed by atoms with E-state index in [-0.39, 0.29) is 11.8 Å². The van der Waals surface area contributed by atoms with Gasteiger partial charge in [0.15, 0.2) is 11.4 Å². The molecule has 0 amide bonds. The Bertz CT molecular complexity index is 1970. The quantitative estimate of drug-likeness (QED) is 0.286. The van der Waals surface area contributed by atoms with Crippen molar-refractivity contribution < 1.29 is 20.1 Å². The van der Waals surface area contributed by atoms with Crippen molar-refractivity contribution in [2.75, 3.05) is 44.7 Å². The van der Waals surface area contributed by atoms with E-state index in [0.717, 1.165) is 76.0 Å². The van der Waals surface area contributed by atoms with Gasteiger partial charge in [0.05, 0.1) is 11.6 Å². The predicted molar refractivity (Wildman–Crippen MR) is 201 cm³/mol. The molecule has 2 saturated heterocycles. The molecule has 272 valence electrons. The number of aryl methyl sites for hydroxylation is 1. The van der Waals surface area contributed by atoms with Crippen LogP contribution < -0.4 is 4.90 Å². The number of Topliss-reactive ketones (excluding diaryl/α,β-unsaturated/α-hetero) is 1. The molecule has 10 atom stereocenters. The van der Waals surface area contributed by atoms with Crippen LogP contribution in [0.1, 0.15) is 87.7 Å². The third-order valence-electron chi connectivity index (χ3n) is 15.3. The van der Waals surface area contributed by atoms with E-state index in [0.29, 0.717) is 12.3 Å². The number of hydrogen-bond acceptors (Lipinski definition) is 7. The third kappa shape index (κ3) is 4.17.